The predicted octanol–water partition coefficient (Wildman–Crippen LogP) is 1.18. The van der Waals surface area contributed by atoms with E-state index >= 15 is 0 Å². The Morgan fingerprint density at radius 2 is 1.69 bits per heavy atom. The van der Waals surface area contributed by atoms with Crippen LogP contribution in [-0.2, 0) is 4.79 Å². The lowest BCUT2D eigenvalue weighted by Gasteiger charge is -2.25. The number of carbonyl (C=O) groups excluding carboxylic acids is 1. The van der Waals surface area contributed by atoms with Gasteiger partial charge in [0, 0.05) is 20.1 Å². The third-order valence-electron chi connectivity index (χ3n) is 1.74. The van der Waals surface area contributed by atoms with Gasteiger partial charge in [0.25, 0.3) is 0 Å². The van der Waals surface area contributed by atoms with E-state index in [-0.39, 0.29) is 5.91 Å². The van der Waals surface area contributed by atoms with E-state index in [0.29, 0.717) is 0 Å². The molecular weight excluding hydrogens is 232 g/mol. The highest BCUT2D eigenvalue weighted by molar-refractivity contribution is 9.10. The molecule has 0 unspecified atom stereocenters. The lowest BCUT2D eigenvalue weighted by Crippen LogP contribution is -2.42. The fourth-order valence-corrected chi connectivity index (χ4v) is 1.21. The molecule has 0 aromatic rings. The summed E-state index contributed by atoms with van der Waals surface area (Å²) in [4.78, 5) is 15.4. The van der Waals surface area contributed by atoms with Gasteiger partial charge >= 0.3 is 0 Å². The Balaban J connectivity index is 3.98. The van der Waals surface area contributed by atoms with Crippen LogP contribution in [-0.4, -0.2) is 54.3 Å². The molecule has 0 saturated heterocycles. The minimum absolute atomic E-state index is 0.120. The van der Waals surface area contributed by atoms with Crippen molar-refractivity contribution in [2.45, 2.75) is 18.2 Å². The topological polar surface area (TPSA) is 23.6 Å². The van der Waals surface area contributed by atoms with Gasteiger partial charge < -0.3 is 9.80 Å². The van der Waals surface area contributed by atoms with Crippen LogP contribution in [0.5, 0.6) is 0 Å². The second kappa shape index (κ2) is 4.96. The molecule has 0 aliphatic heterocycles. The Labute approximate surface area is 89.2 Å². The minimum atomic E-state index is -0.450. The van der Waals surface area contributed by atoms with Crippen molar-refractivity contribution in [3.63, 3.8) is 0 Å². The van der Waals surface area contributed by atoms with Crippen molar-refractivity contribution in [2.75, 3.05) is 34.2 Å². The van der Waals surface area contributed by atoms with Crippen LogP contribution in [0.3, 0.4) is 0 Å². The van der Waals surface area contributed by atoms with Gasteiger partial charge in [-0.05, 0) is 27.9 Å². The molecule has 0 spiro atoms. The number of hydrogen-bond acceptors (Lipinski definition) is 2. The first-order valence-electron chi connectivity index (χ1n) is 4.34. The molecule has 0 rings (SSSR count). The summed E-state index contributed by atoms with van der Waals surface area (Å²) in [6.45, 7) is 5.38. The van der Waals surface area contributed by atoms with Crippen LogP contribution in [0.15, 0.2) is 0 Å². The maximum atomic E-state index is 11.6. The normalized spacial score (nSPS) is 11.9. The van der Waals surface area contributed by atoms with Crippen LogP contribution < -0.4 is 0 Å². The largest absolute Gasteiger partial charge is 0.343 e. The van der Waals surface area contributed by atoms with Crippen molar-refractivity contribution in [2.24, 2.45) is 0 Å². The molecule has 0 N–H and O–H groups in total. The number of rotatable bonds is 4. The molecule has 3 nitrogen and oxygen atoms in total. The van der Waals surface area contributed by atoms with E-state index in [0.717, 1.165) is 13.1 Å². The average Bonchev–Trinajstić information content (AvgIpc) is 1.96. The van der Waals surface area contributed by atoms with Gasteiger partial charge in [-0.15, -0.1) is 0 Å². The molecule has 1 amide bonds. The number of carbonyl (C=O) groups is 1. The average molecular weight is 251 g/mol. The number of amides is 1. The van der Waals surface area contributed by atoms with E-state index in [9.17, 15) is 4.79 Å². The van der Waals surface area contributed by atoms with Gasteiger partial charge in [0.1, 0.15) is 0 Å². The number of hydrogen-bond donors (Lipinski definition) is 0. The highest BCUT2D eigenvalue weighted by atomic mass is 79.9. The maximum Gasteiger partial charge on any atom is 0.238 e. The molecule has 0 fully saturated rings. The van der Waals surface area contributed by atoms with E-state index in [1.807, 2.05) is 35.0 Å². The molecule has 0 radical (unpaired) electrons. The Morgan fingerprint density at radius 3 is 2.00 bits per heavy atom. The lowest BCUT2D eigenvalue weighted by molar-refractivity contribution is -0.131. The van der Waals surface area contributed by atoms with Crippen molar-refractivity contribution in [3.05, 3.63) is 0 Å². The second-order valence-corrected chi connectivity index (χ2v) is 5.98. The lowest BCUT2D eigenvalue weighted by atomic mass is 10.2. The van der Waals surface area contributed by atoms with Crippen molar-refractivity contribution < 1.29 is 4.79 Å². The Hall–Kier alpha value is -0.0900. The van der Waals surface area contributed by atoms with Crippen molar-refractivity contribution in [1.29, 1.82) is 0 Å². The zero-order valence-electron chi connectivity index (χ0n) is 9.09. The number of halogens is 1. The summed E-state index contributed by atoms with van der Waals surface area (Å²) in [5.74, 6) is 0.120. The molecule has 78 valence electrons. The van der Waals surface area contributed by atoms with Gasteiger partial charge in [-0.3, -0.25) is 4.79 Å². The summed E-state index contributed by atoms with van der Waals surface area (Å²) in [5, 5.41) is 0. The van der Waals surface area contributed by atoms with E-state index in [1.165, 1.54) is 0 Å². The van der Waals surface area contributed by atoms with E-state index in [4.69, 9.17) is 0 Å². The van der Waals surface area contributed by atoms with Crippen LogP contribution >= 0.6 is 15.9 Å². The van der Waals surface area contributed by atoms with E-state index in [2.05, 4.69) is 20.8 Å². The van der Waals surface area contributed by atoms with Crippen molar-refractivity contribution in [1.82, 2.24) is 9.80 Å². The molecule has 0 bridgehead atoms. The summed E-state index contributed by atoms with van der Waals surface area (Å²) in [6, 6.07) is 0. The third-order valence-corrected chi connectivity index (χ3v) is 2.08. The van der Waals surface area contributed by atoms with Crippen LogP contribution in [0, 0.1) is 0 Å². The third kappa shape index (κ3) is 5.26. The zero-order valence-corrected chi connectivity index (χ0v) is 10.7. The van der Waals surface area contributed by atoms with Crippen LogP contribution in [0.4, 0.5) is 0 Å². The first-order valence-corrected chi connectivity index (χ1v) is 5.13. The first-order chi connectivity index (χ1) is 5.75. The van der Waals surface area contributed by atoms with Gasteiger partial charge in [-0.25, -0.2) is 0 Å². The Bertz CT molecular complexity index is 175. The molecule has 13 heavy (non-hydrogen) atoms. The number of nitrogens with zero attached hydrogens (tertiary/aromatic N) is 2. The summed E-state index contributed by atoms with van der Waals surface area (Å²) in [5.41, 5.74) is 0. The van der Waals surface area contributed by atoms with Crippen molar-refractivity contribution >= 4 is 21.8 Å². The van der Waals surface area contributed by atoms with Crippen LogP contribution in [0.25, 0.3) is 0 Å². The molecule has 0 atom stereocenters. The van der Waals surface area contributed by atoms with Gasteiger partial charge in [-0.2, -0.15) is 0 Å². The zero-order chi connectivity index (χ0) is 10.6. The highest BCUT2D eigenvalue weighted by Gasteiger charge is 2.26. The smallest absolute Gasteiger partial charge is 0.238 e. The van der Waals surface area contributed by atoms with Crippen LogP contribution in [0.1, 0.15) is 13.8 Å². The standard InChI is InChI=1S/C9H19BrN2O/c1-9(2,10)8(13)12(5)7-6-11(3)4/h6-7H2,1-5H3. The molecule has 0 saturated carbocycles. The summed E-state index contributed by atoms with van der Waals surface area (Å²) in [7, 11) is 5.82. The molecule has 0 aliphatic rings. The van der Waals surface area contributed by atoms with E-state index < -0.39 is 4.32 Å². The molecule has 0 aromatic heterocycles. The van der Waals surface area contributed by atoms with E-state index in [1.54, 1.807) is 4.90 Å². The summed E-state index contributed by atoms with van der Waals surface area (Å²) in [6.07, 6.45) is 0. The molecule has 0 aliphatic carbocycles. The minimum Gasteiger partial charge on any atom is -0.343 e. The molecular formula is C9H19BrN2O. The molecule has 0 heterocycles. The van der Waals surface area contributed by atoms with Gasteiger partial charge in [0.05, 0.1) is 4.32 Å². The summed E-state index contributed by atoms with van der Waals surface area (Å²) >= 11 is 3.35. The van der Waals surface area contributed by atoms with Gasteiger partial charge in [0.2, 0.25) is 5.91 Å². The van der Waals surface area contributed by atoms with Crippen LogP contribution in [0.2, 0.25) is 0 Å². The summed E-state index contributed by atoms with van der Waals surface area (Å²) < 4.78 is -0.450. The Morgan fingerprint density at radius 1 is 1.23 bits per heavy atom. The van der Waals surface area contributed by atoms with Gasteiger partial charge in [0.15, 0.2) is 0 Å². The first kappa shape index (κ1) is 12.9. The number of alkyl halides is 1. The quantitative estimate of drug-likeness (QED) is 0.700. The fourth-order valence-electron chi connectivity index (χ4n) is 0.905. The fraction of sp³-hybridized carbons (Fsp3) is 0.889. The maximum absolute atomic E-state index is 11.6. The van der Waals surface area contributed by atoms with Crippen molar-refractivity contribution in [3.8, 4) is 0 Å². The predicted molar refractivity (Wildman–Crippen MR) is 59.2 cm³/mol. The molecule has 4 heteroatoms. The Kier molecular flexibility index (Phi) is 4.92. The second-order valence-electron chi connectivity index (χ2n) is 4.00. The highest BCUT2D eigenvalue weighted by Crippen LogP contribution is 2.18. The number of likely N-dealkylation sites (N-methyl/N-ethyl adjacent to an activating group) is 2. The SMILES string of the molecule is CN(C)CCN(C)C(=O)C(C)(C)Br. The molecule has 0 aromatic carbocycles. The van der Waals surface area contributed by atoms with Gasteiger partial charge in [-0.1, -0.05) is 15.9 Å². The monoisotopic (exact) mass is 250 g/mol.